The molecule has 0 spiro atoms. The Bertz CT molecular complexity index is 723. The zero-order valence-electron chi connectivity index (χ0n) is 15.9. The van der Waals surface area contributed by atoms with E-state index in [1.54, 1.807) is 20.8 Å². The molecule has 148 valence electrons. The average Bonchev–Trinajstić information content (AvgIpc) is 2.90. The number of nitrogens with one attached hydrogen (secondary N) is 2. The third-order valence-corrected chi connectivity index (χ3v) is 6.22. The topological polar surface area (TPSA) is 101 Å². The van der Waals surface area contributed by atoms with Crippen molar-refractivity contribution in [3.63, 3.8) is 0 Å². The summed E-state index contributed by atoms with van der Waals surface area (Å²) < 4.78 is 38.5. The van der Waals surface area contributed by atoms with Gasteiger partial charge in [0.1, 0.15) is 10.5 Å². The summed E-state index contributed by atoms with van der Waals surface area (Å²) in [6.07, 6.45) is 0.677. The molecule has 1 unspecified atom stereocenters. The smallest absolute Gasteiger partial charge is 0.341 e. The van der Waals surface area contributed by atoms with Gasteiger partial charge >= 0.3 is 5.97 Å². The van der Waals surface area contributed by atoms with Crippen molar-refractivity contribution in [2.75, 3.05) is 39.5 Å². The summed E-state index contributed by atoms with van der Waals surface area (Å²) in [5.41, 5.74) is 1.00. The third kappa shape index (κ3) is 4.85. The zero-order valence-corrected chi connectivity index (χ0v) is 16.7. The molecule has 0 aromatic carbocycles. The van der Waals surface area contributed by atoms with E-state index >= 15 is 0 Å². The first-order valence-electron chi connectivity index (χ1n) is 8.95. The van der Waals surface area contributed by atoms with Crippen molar-refractivity contribution in [1.82, 2.24) is 14.6 Å². The molecule has 1 atom stereocenters. The second-order valence-electron chi connectivity index (χ2n) is 6.48. The summed E-state index contributed by atoms with van der Waals surface area (Å²) >= 11 is 0. The second kappa shape index (κ2) is 8.98. The molecule has 26 heavy (non-hydrogen) atoms. The van der Waals surface area contributed by atoms with Crippen molar-refractivity contribution >= 4 is 16.0 Å². The molecule has 2 rings (SSSR count). The van der Waals surface area contributed by atoms with Crippen LogP contribution in [0.2, 0.25) is 0 Å². The number of nitrogens with zero attached hydrogens (tertiary/aromatic N) is 1. The number of aryl methyl sites for hydroxylation is 2. The van der Waals surface area contributed by atoms with Gasteiger partial charge in [-0.25, -0.2) is 17.9 Å². The van der Waals surface area contributed by atoms with Crippen LogP contribution in [0.25, 0.3) is 0 Å². The van der Waals surface area contributed by atoms with Crippen LogP contribution in [0.1, 0.15) is 42.0 Å². The molecule has 1 fully saturated rings. The summed E-state index contributed by atoms with van der Waals surface area (Å²) in [6, 6.07) is 0.250. The molecule has 0 amide bonds. The van der Waals surface area contributed by atoms with E-state index < -0.39 is 16.0 Å². The quantitative estimate of drug-likeness (QED) is 0.650. The highest BCUT2D eigenvalue weighted by atomic mass is 32.2. The Morgan fingerprint density at radius 1 is 1.31 bits per heavy atom. The maximum atomic E-state index is 12.8. The van der Waals surface area contributed by atoms with E-state index in [-0.39, 0.29) is 23.1 Å². The van der Waals surface area contributed by atoms with Crippen molar-refractivity contribution in [2.24, 2.45) is 0 Å². The standard InChI is InChI=1S/C17H29N3O5S/c1-5-25-17(21)15-13(3)19-14(4)16(15)26(22,23)18-7-6-12(2)20-8-10-24-11-9-20/h12,18-19H,5-11H2,1-4H3. The monoisotopic (exact) mass is 387 g/mol. The number of esters is 1. The number of sulfonamides is 1. The fourth-order valence-electron chi connectivity index (χ4n) is 3.22. The molecule has 1 aromatic rings. The number of rotatable bonds is 8. The van der Waals surface area contributed by atoms with Gasteiger partial charge in [0.25, 0.3) is 0 Å². The molecule has 0 aliphatic carbocycles. The number of carbonyl (C=O) groups is 1. The molecule has 1 aliphatic heterocycles. The van der Waals surface area contributed by atoms with Gasteiger partial charge in [0.2, 0.25) is 10.0 Å². The van der Waals surface area contributed by atoms with Crippen molar-refractivity contribution < 1.29 is 22.7 Å². The lowest BCUT2D eigenvalue weighted by molar-refractivity contribution is 0.0190. The van der Waals surface area contributed by atoms with Gasteiger partial charge < -0.3 is 14.5 Å². The molecule has 2 N–H and O–H groups in total. The predicted molar refractivity (Wildman–Crippen MR) is 97.9 cm³/mol. The molecule has 1 aliphatic rings. The van der Waals surface area contributed by atoms with Gasteiger partial charge in [0, 0.05) is 37.1 Å². The summed E-state index contributed by atoms with van der Waals surface area (Å²) in [6.45, 7) is 10.7. The van der Waals surface area contributed by atoms with Crippen LogP contribution in [0.4, 0.5) is 0 Å². The molecule has 1 aromatic heterocycles. The number of H-pyrrole nitrogens is 1. The van der Waals surface area contributed by atoms with Crippen molar-refractivity contribution in [1.29, 1.82) is 0 Å². The van der Waals surface area contributed by atoms with E-state index in [1.807, 2.05) is 0 Å². The van der Waals surface area contributed by atoms with Crippen LogP contribution in [-0.4, -0.2) is 69.8 Å². The van der Waals surface area contributed by atoms with Crippen molar-refractivity contribution in [3.8, 4) is 0 Å². The number of aromatic amines is 1. The summed E-state index contributed by atoms with van der Waals surface area (Å²) in [5.74, 6) is -0.628. The fraction of sp³-hybridized carbons (Fsp3) is 0.706. The van der Waals surface area contributed by atoms with E-state index in [9.17, 15) is 13.2 Å². The van der Waals surface area contributed by atoms with Gasteiger partial charge in [-0.2, -0.15) is 0 Å². The minimum absolute atomic E-state index is 0.0209. The lowest BCUT2D eigenvalue weighted by Gasteiger charge is -2.32. The Morgan fingerprint density at radius 3 is 2.58 bits per heavy atom. The number of hydrogen-bond acceptors (Lipinski definition) is 6. The third-order valence-electron chi connectivity index (χ3n) is 4.59. The van der Waals surface area contributed by atoms with Gasteiger partial charge in [-0.05, 0) is 34.1 Å². The first-order chi connectivity index (χ1) is 12.3. The fourth-order valence-corrected chi connectivity index (χ4v) is 4.71. The van der Waals surface area contributed by atoms with Crippen LogP contribution in [0.15, 0.2) is 4.90 Å². The molecule has 0 saturated carbocycles. The number of hydrogen-bond donors (Lipinski definition) is 2. The highest BCUT2D eigenvalue weighted by molar-refractivity contribution is 7.89. The van der Waals surface area contributed by atoms with Gasteiger partial charge in [0.15, 0.2) is 0 Å². The van der Waals surface area contributed by atoms with E-state index in [0.717, 1.165) is 13.1 Å². The zero-order chi connectivity index (χ0) is 19.3. The Balaban J connectivity index is 2.06. The van der Waals surface area contributed by atoms with Crippen molar-refractivity contribution in [2.45, 2.75) is 45.1 Å². The van der Waals surface area contributed by atoms with Gasteiger partial charge in [-0.1, -0.05) is 0 Å². The van der Waals surface area contributed by atoms with Crippen LogP contribution in [0.3, 0.4) is 0 Å². The first-order valence-corrected chi connectivity index (χ1v) is 10.4. The Hall–Kier alpha value is -1.42. The van der Waals surface area contributed by atoms with E-state index in [0.29, 0.717) is 37.6 Å². The van der Waals surface area contributed by atoms with E-state index in [1.165, 1.54) is 0 Å². The van der Waals surface area contributed by atoms with Gasteiger partial charge in [0.05, 0.1) is 19.8 Å². The molecule has 0 bridgehead atoms. The molecule has 1 saturated heterocycles. The Morgan fingerprint density at radius 2 is 1.96 bits per heavy atom. The van der Waals surface area contributed by atoms with Crippen molar-refractivity contribution in [3.05, 3.63) is 17.0 Å². The molecular weight excluding hydrogens is 358 g/mol. The lowest BCUT2D eigenvalue weighted by Crippen LogP contribution is -2.43. The lowest BCUT2D eigenvalue weighted by atomic mass is 10.2. The van der Waals surface area contributed by atoms with E-state index in [2.05, 4.69) is 21.5 Å². The molecule has 2 heterocycles. The SMILES string of the molecule is CCOC(=O)c1c(C)[nH]c(C)c1S(=O)(=O)NCCC(C)N1CCOCC1. The van der Waals surface area contributed by atoms with Crippen LogP contribution in [-0.2, 0) is 19.5 Å². The maximum absolute atomic E-state index is 12.8. The van der Waals surface area contributed by atoms with E-state index in [4.69, 9.17) is 9.47 Å². The number of ether oxygens (including phenoxy) is 2. The highest BCUT2D eigenvalue weighted by Crippen LogP contribution is 2.24. The molecule has 0 radical (unpaired) electrons. The molecular formula is C17H29N3O5S. The summed E-state index contributed by atoms with van der Waals surface area (Å²) in [7, 11) is -3.82. The minimum atomic E-state index is -3.82. The highest BCUT2D eigenvalue weighted by Gasteiger charge is 2.29. The number of carbonyl (C=O) groups excluding carboxylic acids is 1. The maximum Gasteiger partial charge on any atom is 0.341 e. The minimum Gasteiger partial charge on any atom is -0.462 e. The number of aromatic nitrogens is 1. The largest absolute Gasteiger partial charge is 0.462 e. The van der Waals surface area contributed by atoms with Crippen LogP contribution in [0, 0.1) is 13.8 Å². The Labute approximate surface area is 155 Å². The number of morpholine rings is 1. The molecule has 9 heteroatoms. The normalized spacial score (nSPS) is 17.2. The Kier molecular flexibility index (Phi) is 7.22. The summed E-state index contributed by atoms with van der Waals surface area (Å²) in [4.78, 5) is 17.4. The van der Waals surface area contributed by atoms with Gasteiger partial charge in [-0.15, -0.1) is 0 Å². The van der Waals surface area contributed by atoms with Crippen LogP contribution >= 0.6 is 0 Å². The van der Waals surface area contributed by atoms with Gasteiger partial charge in [-0.3, -0.25) is 4.90 Å². The van der Waals surface area contributed by atoms with Crippen LogP contribution in [0.5, 0.6) is 0 Å². The molecule has 8 nitrogen and oxygen atoms in total. The second-order valence-corrected chi connectivity index (χ2v) is 8.19. The van der Waals surface area contributed by atoms with Crippen LogP contribution < -0.4 is 4.72 Å². The summed E-state index contributed by atoms with van der Waals surface area (Å²) in [5, 5.41) is 0. The predicted octanol–water partition coefficient (Wildman–Crippen LogP) is 1.20. The first kappa shape index (κ1) is 20.9. The average molecular weight is 388 g/mol.